The van der Waals surface area contributed by atoms with Crippen LogP contribution >= 0.6 is 0 Å². The second kappa shape index (κ2) is 6.65. The quantitative estimate of drug-likeness (QED) is 0.771. The van der Waals surface area contributed by atoms with Crippen molar-refractivity contribution < 1.29 is 4.79 Å². The molecule has 1 N–H and O–H groups in total. The topological polar surface area (TPSA) is 46.4 Å². The summed E-state index contributed by atoms with van der Waals surface area (Å²) >= 11 is 0. The highest BCUT2D eigenvalue weighted by Gasteiger charge is 2.18. The second-order valence-corrected chi connectivity index (χ2v) is 5.59. The maximum atomic E-state index is 12.8. The van der Waals surface area contributed by atoms with Gasteiger partial charge in [0.15, 0.2) is 0 Å². The van der Waals surface area contributed by atoms with E-state index in [1.807, 2.05) is 53.1 Å². The summed E-state index contributed by atoms with van der Waals surface area (Å²) in [5.41, 5.74) is 4.34. The van der Waals surface area contributed by atoms with E-state index in [4.69, 9.17) is 0 Å². The van der Waals surface area contributed by atoms with Crippen molar-refractivity contribution in [2.75, 3.05) is 5.32 Å². The number of imidazole rings is 1. The van der Waals surface area contributed by atoms with Crippen LogP contribution in [0.25, 0.3) is 5.65 Å². The van der Waals surface area contributed by atoms with Gasteiger partial charge in [0, 0.05) is 11.9 Å². The van der Waals surface area contributed by atoms with Gasteiger partial charge in [0.25, 0.3) is 5.91 Å². The van der Waals surface area contributed by atoms with Crippen LogP contribution < -0.4 is 5.32 Å². The Kier molecular flexibility index (Phi) is 4.42. The molecule has 0 radical (unpaired) electrons. The summed E-state index contributed by atoms with van der Waals surface area (Å²) in [7, 11) is 0. The molecule has 2 aromatic heterocycles. The number of benzene rings is 1. The smallest absolute Gasteiger partial charge is 0.274 e. The van der Waals surface area contributed by atoms with Crippen LogP contribution in [0.4, 0.5) is 5.69 Å². The number of nitrogens with zero attached hydrogens (tertiary/aromatic N) is 2. The van der Waals surface area contributed by atoms with E-state index < -0.39 is 0 Å². The van der Waals surface area contributed by atoms with Gasteiger partial charge in [-0.15, -0.1) is 0 Å². The lowest BCUT2D eigenvalue weighted by Crippen LogP contribution is -2.16. The van der Waals surface area contributed by atoms with E-state index in [0.717, 1.165) is 36.3 Å². The molecule has 3 rings (SSSR count). The molecular weight excluding hydrogens is 286 g/mol. The molecule has 0 bridgehead atoms. The molecule has 118 valence electrons. The Hall–Kier alpha value is -2.62. The zero-order valence-electron chi connectivity index (χ0n) is 13.5. The number of aryl methyl sites for hydroxylation is 2. The highest BCUT2D eigenvalue weighted by atomic mass is 16.2. The summed E-state index contributed by atoms with van der Waals surface area (Å²) in [4.78, 5) is 17.4. The highest BCUT2D eigenvalue weighted by Crippen LogP contribution is 2.17. The monoisotopic (exact) mass is 307 g/mol. The summed E-state index contributed by atoms with van der Waals surface area (Å²) in [6.07, 6.45) is 4.62. The number of anilines is 1. The fourth-order valence-electron chi connectivity index (χ4n) is 2.71. The van der Waals surface area contributed by atoms with Crippen LogP contribution in [0.1, 0.15) is 42.0 Å². The maximum absolute atomic E-state index is 12.8. The number of hydrogen-bond donors (Lipinski definition) is 1. The predicted molar refractivity (Wildman–Crippen MR) is 93.0 cm³/mol. The lowest BCUT2D eigenvalue weighted by Gasteiger charge is -2.07. The molecule has 4 heteroatoms. The van der Waals surface area contributed by atoms with Crippen LogP contribution in [-0.4, -0.2) is 15.3 Å². The van der Waals surface area contributed by atoms with Gasteiger partial charge in [0.05, 0.1) is 5.69 Å². The summed E-state index contributed by atoms with van der Waals surface area (Å²) in [5.74, 6) is -0.114. The fraction of sp³-hybridized carbons (Fsp3) is 0.263. The van der Waals surface area contributed by atoms with Gasteiger partial charge in [-0.2, -0.15) is 0 Å². The average Bonchev–Trinajstić information content (AvgIpc) is 2.94. The largest absolute Gasteiger partial charge is 0.321 e. The number of carbonyl (C=O) groups excluding carboxylic acids is 1. The molecule has 4 nitrogen and oxygen atoms in total. The number of rotatable bonds is 5. The zero-order chi connectivity index (χ0) is 16.2. The number of carbonyl (C=O) groups is 1. The van der Waals surface area contributed by atoms with Crippen molar-refractivity contribution in [2.45, 2.75) is 33.1 Å². The van der Waals surface area contributed by atoms with Crippen LogP contribution in [0.15, 0.2) is 48.7 Å². The van der Waals surface area contributed by atoms with Gasteiger partial charge < -0.3 is 5.32 Å². The molecule has 1 amide bonds. The van der Waals surface area contributed by atoms with Crippen molar-refractivity contribution in [3.05, 3.63) is 65.6 Å². The molecular formula is C19H21N3O. The SMILES string of the molecule is CCCc1nc2ccccn2c1C(=O)Nc1ccc(CC)cc1. The van der Waals surface area contributed by atoms with Crippen LogP contribution in [0, 0.1) is 0 Å². The first-order chi connectivity index (χ1) is 11.2. The number of hydrogen-bond acceptors (Lipinski definition) is 2. The molecule has 0 aliphatic heterocycles. The Bertz CT molecular complexity index is 818. The highest BCUT2D eigenvalue weighted by molar-refractivity contribution is 6.04. The molecule has 0 aliphatic rings. The van der Waals surface area contributed by atoms with Gasteiger partial charge in [0.2, 0.25) is 0 Å². The number of nitrogens with one attached hydrogen (secondary N) is 1. The first-order valence-corrected chi connectivity index (χ1v) is 8.09. The molecule has 2 heterocycles. The average molecular weight is 307 g/mol. The van der Waals surface area contributed by atoms with Gasteiger partial charge >= 0.3 is 0 Å². The first kappa shape index (κ1) is 15.3. The van der Waals surface area contributed by atoms with Crippen molar-refractivity contribution in [3.63, 3.8) is 0 Å². The molecule has 0 saturated heterocycles. The summed E-state index contributed by atoms with van der Waals surface area (Å²) in [5, 5.41) is 2.99. The van der Waals surface area contributed by atoms with Gasteiger partial charge in [0.1, 0.15) is 11.3 Å². The zero-order valence-corrected chi connectivity index (χ0v) is 13.5. The Balaban J connectivity index is 1.94. The molecule has 23 heavy (non-hydrogen) atoms. The molecule has 1 aromatic carbocycles. The number of pyridine rings is 1. The minimum absolute atomic E-state index is 0.114. The van der Waals surface area contributed by atoms with E-state index in [1.54, 1.807) is 0 Å². The van der Waals surface area contributed by atoms with E-state index in [2.05, 4.69) is 24.1 Å². The predicted octanol–water partition coefficient (Wildman–Crippen LogP) is 4.10. The lowest BCUT2D eigenvalue weighted by atomic mass is 10.1. The maximum Gasteiger partial charge on any atom is 0.274 e. The summed E-state index contributed by atoms with van der Waals surface area (Å²) in [6, 6.07) is 13.7. The Morgan fingerprint density at radius 3 is 2.61 bits per heavy atom. The molecule has 0 fully saturated rings. The lowest BCUT2D eigenvalue weighted by molar-refractivity contribution is 0.102. The fourth-order valence-corrected chi connectivity index (χ4v) is 2.71. The van der Waals surface area contributed by atoms with Crippen molar-refractivity contribution >= 4 is 17.2 Å². The Labute approximate surface area is 136 Å². The number of aromatic nitrogens is 2. The van der Waals surface area contributed by atoms with Crippen LogP contribution in [0.5, 0.6) is 0 Å². The Morgan fingerprint density at radius 2 is 1.91 bits per heavy atom. The standard InChI is InChI=1S/C19H21N3O/c1-3-7-16-18(22-13-6-5-8-17(22)21-16)19(23)20-15-11-9-14(4-2)10-12-15/h5-6,8-13H,3-4,7H2,1-2H3,(H,20,23). The molecule has 3 aromatic rings. The van der Waals surface area contributed by atoms with Crippen LogP contribution in [0.2, 0.25) is 0 Å². The van der Waals surface area contributed by atoms with Crippen molar-refractivity contribution in [2.24, 2.45) is 0 Å². The minimum atomic E-state index is -0.114. The first-order valence-electron chi connectivity index (χ1n) is 8.09. The third kappa shape index (κ3) is 3.11. The van der Waals surface area contributed by atoms with Crippen molar-refractivity contribution in [1.29, 1.82) is 0 Å². The van der Waals surface area contributed by atoms with Crippen molar-refractivity contribution in [1.82, 2.24) is 9.38 Å². The van der Waals surface area contributed by atoms with Crippen LogP contribution in [-0.2, 0) is 12.8 Å². The van der Waals surface area contributed by atoms with E-state index in [9.17, 15) is 4.79 Å². The number of fused-ring (bicyclic) bond motifs is 1. The third-order valence-electron chi connectivity index (χ3n) is 3.92. The molecule has 0 unspecified atom stereocenters. The van der Waals surface area contributed by atoms with Gasteiger partial charge in [-0.1, -0.05) is 38.5 Å². The second-order valence-electron chi connectivity index (χ2n) is 5.59. The molecule has 0 aliphatic carbocycles. The molecule has 0 atom stereocenters. The van der Waals surface area contributed by atoms with E-state index in [0.29, 0.717) is 5.69 Å². The number of amides is 1. The van der Waals surface area contributed by atoms with E-state index >= 15 is 0 Å². The third-order valence-corrected chi connectivity index (χ3v) is 3.92. The molecule has 0 saturated carbocycles. The Morgan fingerprint density at radius 1 is 1.13 bits per heavy atom. The van der Waals surface area contributed by atoms with Gasteiger partial charge in [-0.3, -0.25) is 9.20 Å². The van der Waals surface area contributed by atoms with E-state index in [-0.39, 0.29) is 5.91 Å². The minimum Gasteiger partial charge on any atom is -0.321 e. The van der Waals surface area contributed by atoms with Crippen LogP contribution in [0.3, 0.4) is 0 Å². The van der Waals surface area contributed by atoms with E-state index in [1.165, 1.54) is 5.56 Å². The van der Waals surface area contributed by atoms with Gasteiger partial charge in [-0.25, -0.2) is 4.98 Å². The normalized spacial score (nSPS) is 10.9. The van der Waals surface area contributed by atoms with Crippen molar-refractivity contribution in [3.8, 4) is 0 Å². The summed E-state index contributed by atoms with van der Waals surface area (Å²) < 4.78 is 1.86. The summed E-state index contributed by atoms with van der Waals surface area (Å²) in [6.45, 7) is 4.21. The van der Waals surface area contributed by atoms with Gasteiger partial charge in [-0.05, 0) is 42.7 Å². The molecule has 0 spiro atoms.